The van der Waals surface area contributed by atoms with E-state index in [4.69, 9.17) is 12.2 Å². The summed E-state index contributed by atoms with van der Waals surface area (Å²) in [5.41, 5.74) is 1.50. The number of halogens is 2. The van der Waals surface area contributed by atoms with Crippen molar-refractivity contribution in [2.24, 2.45) is 0 Å². The minimum absolute atomic E-state index is 0.205. The Morgan fingerprint density at radius 1 is 1.09 bits per heavy atom. The molecule has 0 aliphatic rings. The number of carbonyl (C=O) groups excluding carboxylic acids is 1. The first-order valence-corrected chi connectivity index (χ1v) is 7.54. The van der Waals surface area contributed by atoms with Gasteiger partial charge in [0.2, 0.25) is 5.91 Å². The van der Waals surface area contributed by atoms with Crippen molar-refractivity contribution in [1.82, 2.24) is 5.32 Å². The molecular formula is C16H12BrFN2OS. The van der Waals surface area contributed by atoms with E-state index in [0.717, 1.165) is 15.7 Å². The molecular weight excluding hydrogens is 367 g/mol. The monoisotopic (exact) mass is 378 g/mol. The minimum atomic E-state index is -0.362. The van der Waals surface area contributed by atoms with Crippen molar-refractivity contribution >= 4 is 50.9 Å². The van der Waals surface area contributed by atoms with Crippen molar-refractivity contribution in [3.05, 3.63) is 70.5 Å². The molecule has 0 heterocycles. The van der Waals surface area contributed by atoms with Gasteiger partial charge in [-0.1, -0.05) is 28.1 Å². The number of hydrogen-bond donors (Lipinski definition) is 2. The molecule has 22 heavy (non-hydrogen) atoms. The van der Waals surface area contributed by atoms with Crippen LogP contribution in [0.2, 0.25) is 0 Å². The molecule has 3 nitrogen and oxygen atoms in total. The molecule has 0 atom stereocenters. The smallest absolute Gasteiger partial charge is 0.250 e. The third kappa shape index (κ3) is 5.38. The lowest BCUT2D eigenvalue weighted by Gasteiger charge is -2.07. The van der Waals surface area contributed by atoms with Gasteiger partial charge >= 0.3 is 0 Å². The molecule has 0 unspecified atom stereocenters. The number of anilines is 1. The van der Waals surface area contributed by atoms with Gasteiger partial charge in [-0.05, 0) is 60.3 Å². The molecule has 0 spiro atoms. The van der Waals surface area contributed by atoms with Crippen molar-refractivity contribution in [3.8, 4) is 0 Å². The second-order valence-electron chi connectivity index (χ2n) is 4.34. The van der Waals surface area contributed by atoms with Crippen molar-refractivity contribution < 1.29 is 9.18 Å². The van der Waals surface area contributed by atoms with Gasteiger partial charge in [0.05, 0.1) is 0 Å². The van der Waals surface area contributed by atoms with Crippen molar-refractivity contribution in [1.29, 1.82) is 0 Å². The molecule has 0 aliphatic heterocycles. The van der Waals surface area contributed by atoms with E-state index in [1.165, 1.54) is 18.2 Å². The van der Waals surface area contributed by atoms with Gasteiger partial charge in [0.15, 0.2) is 5.11 Å². The summed E-state index contributed by atoms with van der Waals surface area (Å²) >= 11 is 8.39. The topological polar surface area (TPSA) is 41.1 Å². The van der Waals surface area contributed by atoms with E-state index in [0.29, 0.717) is 0 Å². The summed E-state index contributed by atoms with van der Waals surface area (Å²) in [6.45, 7) is 0. The maximum Gasteiger partial charge on any atom is 0.250 e. The molecule has 0 fully saturated rings. The number of hydrogen-bond acceptors (Lipinski definition) is 2. The van der Waals surface area contributed by atoms with Gasteiger partial charge in [-0.25, -0.2) is 4.39 Å². The predicted octanol–water partition coefficient (Wildman–Crippen LogP) is 4.11. The average Bonchev–Trinajstić information content (AvgIpc) is 2.49. The van der Waals surface area contributed by atoms with E-state index >= 15 is 0 Å². The summed E-state index contributed by atoms with van der Waals surface area (Å²) in [5, 5.41) is 5.64. The second kappa shape index (κ2) is 7.82. The molecule has 0 bridgehead atoms. The Morgan fingerprint density at radius 2 is 1.73 bits per heavy atom. The molecule has 2 aromatic rings. The van der Waals surface area contributed by atoms with Crippen molar-refractivity contribution in [2.75, 3.05) is 5.32 Å². The first-order chi connectivity index (χ1) is 10.5. The number of thiocarbonyl (C=S) groups is 1. The van der Waals surface area contributed by atoms with Crippen LogP contribution in [0.3, 0.4) is 0 Å². The maximum absolute atomic E-state index is 12.8. The van der Waals surface area contributed by atoms with Crippen molar-refractivity contribution in [3.63, 3.8) is 0 Å². The molecule has 0 saturated heterocycles. The van der Waals surface area contributed by atoms with E-state index in [-0.39, 0.29) is 16.8 Å². The highest BCUT2D eigenvalue weighted by Gasteiger charge is 2.01. The Hall–Kier alpha value is -2.05. The summed E-state index contributed by atoms with van der Waals surface area (Å²) in [5.74, 6) is -0.680. The number of rotatable bonds is 3. The van der Waals surface area contributed by atoms with Crippen LogP contribution in [-0.2, 0) is 4.79 Å². The Morgan fingerprint density at radius 3 is 2.36 bits per heavy atom. The fraction of sp³-hybridized carbons (Fsp3) is 0. The third-order valence-electron chi connectivity index (χ3n) is 2.64. The molecule has 2 aromatic carbocycles. The number of amides is 1. The SMILES string of the molecule is O=C(/C=C/c1ccc(F)cc1)NC(=S)Nc1ccc(Br)cc1. The summed E-state index contributed by atoms with van der Waals surface area (Å²) in [4.78, 5) is 11.7. The van der Waals surface area contributed by atoms with Crippen LogP contribution in [0.5, 0.6) is 0 Å². The number of nitrogens with one attached hydrogen (secondary N) is 2. The van der Waals surface area contributed by atoms with Crippen LogP contribution < -0.4 is 10.6 Å². The molecule has 0 radical (unpaired) electrons. The van der Waals surface area contributed by atoms with Crippen LogP contribution in [0.25, 0.3) is 6.08 Å². The highest BCUT2D eigenvalue weighted by atomic mass is 79.9. The molecule has 112 valence electrons. The molecule has 6 heteroatoms. The van der Waals surface area contributed by atoms with Gasteiger partial charge in [-0.15, -0.1) is 0 Å². The van der Waals surface area contributed by atoms with Gasteiger partial charge < -0.3 is 5.32 Å². The Kier molecular flexibility index (Phi) is 5.80. The largest absolute Gasteiger partial charge is 0.332 e. The first-order valence-electron chi connectivity index (χ1n) is 6.34. The zero-order chi connectivity index (χ0) is 15.9. The van der Waals surface area contributed by atoms with Gasteiger partial charge in [0.1, 0.15) is 5.82 Å². The third-order valence-corrected chi connectivity index (χ3v) is 3.37. The van der Waals surface area contributed by atoms with Crippen LogP contribution in [0, 0.1) is 5.82 Å². The lowest BCUT2D eigenvalue weighted by molar-refractivity contribution is -0.115. The van der Waals surface area contributed by atoms with Crippen LogP contribution >= 0.6 is 28.1 Å². The van der Waals surface area contributed by atoms with E-state index in [2.05, 4.69) is 26.6 Å². The fourth-order valence-electron chi connectivity index (χ4n) is 1.59. The van der Waals surface area contributed by atoms with Gasteiger partial charge in [0, 0.05) is 16.2 Å². The van der Waals surface area contributed by atoms with Crippen LogP contribution in [0.1, 0.15) is 5.56 Å². The van der Waals surface area contributed by atoms with E-state index in [9.17, 15) is 9.18 Å². The van der Waals surface area contributed by atoms with Crippen LogP contribution in [0.4, 0.5) is 10.1 Å². The summed E-state index contributed by atoms with van der Waals surface area (Å²) in [7, 11) is 0. The minimum Gasteiger partial charge on any atom is -0.332 e. The zero-order valence-electron chi connectivity index (χ0n) is 11.3. The lowest BCUT2D eigenvalue weighted by atomic mass is 10.2. The van der Waals surface area contributed by atoms with Crippen molar-refractivity contribution in [2.45, 2.75) is 0 Å². The zero-order valence-corrected chi connectivity index (χ0v) is 13.7. The summed E-state index contributed by atoms with van der Waals surface area (Å²) in [6, 6.07) is 13.2. The molecule has 0 saturated carbocycles. The Bertz CT molecular complexity index is 699. The quantitative estimate of drug-likeness (QED) is 0.623. The van der Waals surface area contributed by atoms with Gasteiger partial charge in [-0.2, -0.15) is 0 Å². The standard InChI is InChI=1S/C16H12BrFN2OS/c17-12-4-8-14(9-5-12)19-16(22)20-15(21)10-3-11-1-6-13(18)7-2-11/h1-10H,(H2,19,20,21,22)/b10-3+. The highest BCUT2D eigenvalue weighted by molar-refractivity contribution is 9.10. The Labute approximate surface area is 141 Å². The van der Waals surface area contributed by atoms with E-state index in [1.807, 2.05) is 24.3 Å². The summed E-state index contributed by atoms with van der Waals surface area (Å²) in [6.07, 6.45) is 2.92. The highest BCUT2D eigenvalue weighted by Crippen LogP contribution is 2.13. The normalized spacial score (nSPS) is 10.5. The predicted molar refractivity (Wildman–Crippen MR) is 93.9 cm³/mol. The van der Waals surface area contributed by atoms with E-state index < -0.39 is 0 Å². The van der Waals surface area contributed by atoms with Crippen LogP contribution in [0.15, 0.2) is 59.1 Å². The number of carbonyl (C=O) groups is 1. The fourth-order valence-corrected chi connectivity index (χ4v) is 2.08. The molecule has 0 aromatic heterocycles. The molecule has 2 rings (SSSR count). The van der Waals surface area contributed by atoms with Crippen LogP contribution in [-0.4, -0.2) is 11.0 Å². The number of benzene rings is 2. The Balaban J connectivity index is 1.87. The first kappa shape index (κ1) is 16.3. The molecule has 2 N–H and O–H groups in total. The lowest BCUT2D eigenvalue weighted by Crippen LogP contribution is -2.32. The van der Waals surface area contributed by atoms with Gasteiger partial charge in [-0.3, -0.25) is 10.1 Å². The molecule has 1 amide bonds. The summed E-state index contributed by atoms with van der Waals surface area (Å²) < 4.78 is 13.7. The molecule has 0 aliphatic carbocycles. The van der Waals surface area contributed by atoms with E-state index in [1.54, 1.807) is 18.2 Å². The maximum atomic E-state index is 12.8. The second-order valence-corrected chi connectivity index (χ2v) is 5.66. The van der Waals surface area contributed by atoms with Gasteiger partial charge in [0.25, 0.3) is 0 Å². The average molecular weight is 379 g/mol.